The molecule has 0 spiro atoms. The first-order chi connectivity index (χ1) is 14.5. The standard InChI is InChI=1S/C16H17ClN5O8P/c17-7-3-1-6(2-4-7)12-19-9-13(20-16(18)21-14(9)25)22(12)15-11(24)10(23)8(30-15)5-29-31(26,27)28/h1-4,8,10-11,15,23-24H,5H2,(H2,26,27,28)(H3,18,20,21,25). The lowest BCUT2D eigenvalue weighted by Gasteiger charge is -2.19. The molecule has 0 bridgehead atoms. The summed E-state index contributed by atoms with van der Waals surface area (Å²) in [5, 5.41) is 21.4. The Morgan fingerprint density at radius 2 is 1.90 bits per heavy atom. The van der Waals surface area contributed by atoms with Gasteiger partial charge in [0.1, 0.15) is 24.1 Å². The van der Waals surface area contributed by atoms with Gasteiger partial charge in [0.15, 0.2) is 17.4 Å². The maximum absolute atomic E-state index is 12.4. The molecule has 1 aliphatic rings. The highest BCUT2D eigenvalue weighted by molar-refractivity contribution is 7.46. The van der Waals surface area contributed by atoms with E-state index in [0.717, 1.165) is 0 Å². The van der Waals surface area contributed by atoms with E-state index in [9.17, 15) is 19.6 Å². The zero-order chi connectivity index (χ0) is 22.5. The van der Waals surface area contributed by atoms with Gasteiger partial charge in [-0.25, -0.2) is 9.55 Å². The topological polar surface area (TPSA) is 206 Å². The van der Waals surface area contributed by atoms with E-state index in [1.54, 1.807) is 24.3 Å². The molecule has 2 aromatic heterocycles. The maximum atomic E-state index is 12.4. The minimum absolute atomic E-state index is 0.0287. The van der Waals surface area contributed by atoms with Crippen LogP contribution in [0.5, 0.6) is 0 Å². The Morgan fingerprint density at radius 3 is 2.55 bits per heavy atom. The molecule has 1 aromatic carbocycles. The van der Waals surface area contributed by atoms with Crippen LogP contribution in [0.2, 0.25) is 5.02 Å². The molecule has 0 amide bonds. The summed E-state index contributed by atoms with van der Waals surface area (Å²) in [7, 11) is -4.84. The first-order valence-electron chi connectivity index (χ1n) is 8.80. The lowest BCUT2D eigenvalue weighted by Crippen LogP contribution is -2.33. The quantitative estimate of drug-likeness (QED) is 0.266. The number of nitrogens with zero attached hydrogens (tertiary/aromatic N) is 3. The summed E-state index contributed by atoms with van der Waals surface area (Å²) >= 11 is 5.94. The predicted octanol–water partition coefficient (Wildman–Crippen LogP) is -0.249. The molecule has 1 saturated heterocycles. The zero-order valence-electron chi connectivity index (χ0n) is 15.5. The van der Waals surface area contributed by atoms with Gasteiger partial charge in [0.05, 0.1) is 6.61 Å². The van der Waals surface area contributed by atoms with Crippen molar-refractivity contribution < 1.29 is 33.8 Å². The Labute approximate surface area is 178 Å². The van der Waals surface area contributed by atoms with Gasteiger partial charge in [-0.05, 0) is 24.3 Å². The first-order valence-corrected chi connectivity index (χ1v) is 10.7. The summed E-state index contributed by atoms with van der Waals surface area (Å²) < 4.78 is 22.3. The highest BCUT2D eigenvalue weighted by Gasteiger charge is 2.46. The van der Waals surface area contributed by atoms with Crippen molar-refractivity contribution in [2.24, 2.45) is 0 Å². The normalized spacial score (nSPS) is 24.2. The number of rotatable bonds is 5. The summed E-state index contributed by atoms with van der Waals surface area (Å²) in [6.07, 6.45) is -5.75. The van der Waals surface area contributed by atoms with Crippen LogP contribution >= 0.6 is 19.4 Å². The fourth-order valence-corrected chi connectivity index (χ4v) is 3.76. The van der Waals surface area contributed by atoms with E-state index in [1.165, 1.54) is 4.57 Å². The monoisotopic (exact) mass is 473 g/mol. The predicted molar refractivity (Wildman–Crippen MR) is 107 cm³/mol. The number of nitrogens with one attached hydrogen (secondary N) is 1. The van der Waals surface area contributed by atoms with Crippen LogP contribution in [0.15, 0.2) is 29.1 Å². The molecule has 4 rings (SSSR count). The number of hydrogen-bond acceptors (Lipinski definition) is 9. The average Bonchev–Trinajstić information content (AvgIpc) is 3.19. The van der Waals surface area contributed by atoms with Crippen molar-refractivity contribution >= 4 is 36.5 Å². The van der Waals surface area contributed by atoms with Gasteiger partial charge in [-0.2, -0.15) is 4.98 Å². The van der Waals surface area contributed by atoms with Crippen molar-refractivity contribution in [3.63, 3.8) is 0 Å². The highest BCUT2D eigenvalue weighted by atomic mass is 35.5. The second-order valence-electron chi connectivity index (χ2n) is 6.77. The molecule has 0 radical (unpaired) electrons. The number of phosphoric acid groups is 1. The van der Waals surface area contributed by atoms with Crippen molar-refractivity contribution in [3.8, 4) is 11.4 Å². The number of fused-ring (bicyclic) bond motifs is 1. The largest absolute Gasteiger partial charge is 0.469 e. The Balaban J connectivity index is 1.84. The number of aromatic amines is 1. The fourth-order valence-electron chi connectivity index (χ4n) is 3.30. The average molecular weight is 474 g/mol. The number of benzene rings is 1. The van der Waals surface area contributed by atoms with Gasteiger partial charge < -0.3 is 30.5 Å². The third-order valence-electron chi connectivity index (χ3n) is 4.67. The number of H-pyrrole nitrogens is 1. The zero-order valence-corrected chi connectivity index (χ0v) is 17.1. The van der Waals surface area contributed by atoms with E-state index in [4.69, 9.17) is 31.9 Å². The van der Waals surface area contributed by atoms with Crippen molar-refractivity contribution in [1.82, 2.24) is 19.5 Å². The number of hydrogen-bond donors (Lipinski definition) is 6. The Kier molecular flexibility index (Phi) is 5.62. The molecule has 0 aliphatic carbocycles. The third kappa shape index (κ3) is 4.22. The van der Waals surface area contributed by atoms with Gasteiger partial charge in [0.25, 0.3) is 5.56 Å². The molecule has 4 unspecified atom stereocenters. The molecule has 3 aromatic rings. The number of anilines is 1. The number of aliphatic hydroxyl groups is 2. The van der Waals surface area contributed by atoms with Crippen LogP contribution < -0.4 is 11.3 Å². The fraction of sp³-hybridized carbons (Fsp3) is 0.312. The summed E-state index contributed by atoms with van der Waals surface area (Å²) in [4.78, 5) is 40.9. The molecule has 3 heterocycles. The highest BCUT2D eigenvalue weighted by Crippen LogP contribution is 2.40. The number of nitrogen functional groups attached to an aromatic ring is 1. The van der Waals surface area contributed by atoms with Crippen LogP contribution in [0.4, 0.5) is 5.95 Å². The second-order valence-corrected chi connectivity index (χ2v) is 8.44. The minimum atomic E-state index is -4.84. The van der Waals surface area contributed by atoms with Gasteiger partial charge in [0, 0.05) is 10.6 Å². The molecule has 31 heavy (non-hydrogen) atoms. The second kappa shape index (κ2) is 7.97. The number of aromatic nitrogens is 4. The molecule has 7 N–H and O–H groups in total. The van der Waals surface area contributed by atoms with Gasteiger partial charge >= 0.3 is 7.82 Å². The molecular weight excluding hydrogens is 457 g/mol. The first kappa shape index (κ1) is 21.9. The van der Waals surface area contributed by atoms with Crippen LogP contribution in [0, 0.1) is 0 Å². The van der Waals surface area contributed by atoms with Gasteiger partial charge in [0.2, 0.25) is 5.95 Å². The summed E-state index contributed by atoms with van der Waals surface area (Å²) in [6, 6.07) is 6.40. The van der Waals surface area contributed by atoms with Crippen molar-refractivity contribution in [2.75, 3.05) is 12.3 Å². The van der Waals surface area contributed by atoms with Crippen LogP contribution in [0.1, 0.15) is 6.23 Å². The van der Waals surface area contributed by atoms with Crippen LogP contribution in [0.3, 0.4) is 0 Å². The Hall–Kier alpha value is -2.35. The molecule has 15 heteroatoms. The van der Waals surface area contributed by atoms with E-state index in [0.29, 0.717) is 10.6 Å². The van der Waals surface area contributed by atoms with Crippen LogP contribution in [-0.4, -0.2) is 64.4 Å². The number of halogens is 1. The number of nitrogens with two attached hydrogens (primary N) is 1. The van der Waals surface area contributed by atoms with E-state index in [2.05, 4.69) is 19.5 Å². The lowest BCUT2D eigenvalue weighted by atomic mass is 10.1. The molecule has 4 atom stereocenters. The van der Waals surface area contributed by atoms with E-state index in [1.807, 2.05) is 0 Å². The van der Waals surface area contributed by atoms with Crippen molar-refractivity contribution in [1.29, 1.82) is 0 Å². The van der Waals surface area contributed by atoms with E-state index >= 15 is 0 Å². The molecule has 0 saturated carbocycles. The van der Waals surface area contributed by atoms with Crippen LogP contribution in [0.25, 0.3) is 22.6 Å². The molecule has 13 nitrogen and oxygen atoms in total. The van der Waals surface area contributed by atoms with Crippen molar-refractivity contribution in [2.45, 2.75) is 24.5 Å². The number of phosphoric ester groups is 1. The third-order valence-corrected chi connectivity index (χ3v) is 5.41. The Bertz CT molecular complexity index is 1230. The molecule has 1 fully saturated rings. The SMILES string of the molecule is Nc1nc2c(nc(-c3ccc(Cl)cc3)n2C2OC(COP(=O)(O)O)C(O)C2O)c(=O)[nH]1. The molecular formula is C16H17ClN5O8P. The summed E-state index contributed by atoms with van der Waals surface area (Å²) in [6.45, 7) is -0.696. The van der Waals surface area contributed by atoms with Crippen LogP contribution in [-0.2, 0) is 13.8 Å². The molecule has 166 valence electrons. The van der Waals surface area contributed by atoms with E-state index in [-0.39, 0.29) is 22.9 Å². The van der Waals surface area contributed by atoms with Gasteiger partial charge in [-0.15, -0.1) is 0 Å². The van der Waals surface area contributed by atoms with Gasteiger partial charge in [-0.3, -0.25) is 18.9 Å². The van der Waals surface area contributed by atoms with Crippen molar-refractivity contribution in [3.05, 3.63) is 39.6 Å². The summed E-state index contributed by atoms with van der Waals surface area (Å²) in [5.74, 6) is -0.0567. The van der Waals surface area contributed by atoms with E-state index < -0.39 is 44.5 Å². The number of aliphatic hydroxyl groups excluding tert-OH is 2. The number of ether oxygens (including phenoxy) is 1. The number of imidazole rings is 1. The maximum Gasteiger partial charge on any atom is 0.469 e. The molecule has 1 aliphatic heterocycles. The lowest BCUT2D eigenvalue weighted by molar-refractivity contribution is -0.0496. The summed E-state index contributed by atoms with van der Waals surface area (Å²) in [5.41, 5.74) is 5.39. The Morgan fingerprint density at radius 1 is 1.23 bits per heavy atom. The van der Waals surface area contributed by atoms with Gasteiger partial charge in [-0.1, -0.05) is 11.6 Å². The minimum Gasteiger partial charge on any atom is -0.387 e. The smallest absolute Gasteiger partial charge is 0.387 e.